The molecule has 2 fully saturated rings. The van der Waals surface area contributed by atoms with Gasteiger partial charge in [0.25, 0.3) is 0 Å². The van der Waals surface area contributed by atoms with Crippen molar-refractivity contribution in [3.63, 3.8) is 0 Å². The summed E-state index contributed by atoms with van der Waals surface area (Å²) in [6.07, 6.45) is 6.94. The van der Waals surface area contributed by atoms with Crippen LogP contribution in [-0.4, -0.2) is 43.5 Å². The van der Waals surface area contributed by atoms with Gasteiger partial charge in [-0.1, -0.05) is 0 Å². The zero-order chi connectivity index (χ0) is 13.0. The molecule has 0 aliphatic heterocycles. The van der Waals surface area contributed by atoms with Crippen LogP contribution in [0.25, 0.3) is 0 Å². The van der Waals surface area contributed by atoms with Crippen LogP contribution in [0.2, 0.25) is 0 Å². The van der Waals surface area contributed by atoms with Gasteiger partial charge in [-0.15, -0.1) is 0 Å². The lowest BCUT2D eigenvalue weighted by molar-refractivity contribution is -0.126. The van der Waals surface area contributed by atoms with Crippen molar-refractivity contribution in [2.45, 2.75) is 44.6 Å². The van der Waals surface area contributed by atoms with Gasteiger partial charge in [-0.25, -0.2) is 0 Å². The molecule has 0 aromatic heterocycles. The molecular weight excluding hydrogens is 226 g/mol. The standard InChI is InChI=1S/C14H27N3O/c1-17(13-6-7-13)9-8-16-14(18)12-4-2-11(10-15)3-5-12/h11-13H,2-10,15H2,1H3,(H,16,18). The van der Waals surface area contributed by atoms with Crippen molar-refractivity contribution in [3.05, 3.63) is 0 Å². The van der Waals surface area contributed by atoms with Crippen LogP contribution < -0.4 is 11.1 Å². The summed E-state index contributed by atoms with van der Waals surface area (Å²) in [6.45, 7) is 2.55. The predicted octanol–water partition coefficient (Wildman–Crippen LogP) is 0.962. The highest BCUT2D eigenvalue weighted by Gasteiger charge is 2.27. The normalized spacial score (nSPS) is 28.4. The molecule has 0 unspecified atom stereocenters. The Bertz CT molecular complexity index is 270. The summed E-state index contributed by atoms with van der Waals surface area (Å²) in [6, 6.07) is 0.780. The smallest absolute Gasteiger partial charge is 0.223 e. The first-order chi connectivity index (χ1) is 8.70. The number of likely N-dealkylation sites (N-methyl/N-ethyl adjacent to an activating group) is 1. The Morgan fingerprint density at radius 3 is 2.44 bits per heavy atom. The molecule has 2 saturated carbocycles. The quantitative estimate of drug-likeness (QED) is 0.741. The van der Waals surface area contributed by atoms with Crippen LogP contribution in [0, 0.1) is 11.8 Å². The molecule has 0 aromatic carbocycles. The number of hydrogen-bond donors (Lipinski definition) is 2. The van der Waals surface area contributed by atoms with Crippen molar-refractivity contribution in [3.8, 4) is 0 Å². The summed E-state index contributed by atoms with van der Waals surface area (Å²) in [5, 5.41) is 3.09. The molecule has 2 rings (SSSR count). The Morgan fingerprint density at radius 1 is 1.22 bits per heavy atom. The summed E-state index contributed by atoms with van der Waals surface area (Å²) in [5.74, 6) is 1.14. The molecule has 0 aromatic rings. The highest BCUT2D eigenvalue weighted by molar-refractivity contribution is 5.78. The second-order valence-corrected chi connectivity index (χ2v) is 5.96. The molecule has 104 valence electrons. The van der Waals surface area contributed by atoms with Crippen LogP contribution in [0.1, 0.15) is 38.5 Å². The van der Waals surface area contributed by atoms with Crippen molar-refractivity contribution in [2.75, 3.05) is 26.7 Å². The van der Waals surface area contributed by atoms with Crippen LogP contribution in [0.3, 0.4) is 0 Å². The van der Waals surface area contributed by atoms with E-state index in [0.717, 1.165) is 51.4 Å². The second-order valence-electron chi connectivity index (χ2n) is 5.96. The second kappa shape index (κ2) is 6.53. The van der Waals surface area contributed by atoms with E-state index in [4.69, 9.17) is 5.73 Å². The number of amides is 1. The lowest BCUT2D eigenvalue weighted by atomic mass is 9.81. The Kier molecular flexibility index (Phi) is 5.01. The fourth-order valence-corrected chi connectivity index (χ4v) is 2.86. The molecule has 0 bridgehead atoms. The van der Waals surface area contributed by atoms with Gasteiger partial charge in [-0.2, -0.15) is 0 Å². The third-order valence-corrected chi connectivity index (χ3v) is 4.48. The molecule has 2 aliphatic rings. The van der Waals surface area contributed by atoms with E-state index in [-0.39, 0.29) is 11.8 Å². The Morgan fingerprint density at radius 2 is 1.89 bits per heavy atom. The maximum atomic E-state index is 12.0. The first-order valence-electron chi connectivity index (χ1n) is 7.38. The van der Waals surface area contributed by atoms with Gasteiger partial charge in [0.05, 0.1) is 0 Å². The van der Waals surface area contributed by atoms with E-state index in [2.05, 4.69) is 17.3 Å². The minimum absolute atomic E-state index is 0.235. The van der Waals surface area contributed by atoms with Gasteiger partial charge in [-0.3, -0.25) is 4.79 Å². The molecule has 2 aliphatic carbocycles. The molecule has 4 heteroatoms. The van der Waals surface area contributed by atoms with Gasteiger partial charge in [0, 0.05) is 25.0 Å². The van der Waals surface area contributed by atoms with E-state index in [9.17, 15) is 4.79 Å². The maximum Gasteiger partial charge on any atom is 0.223 e. The van der Waals surface area contributed by atoms with E-state index >= 15 is 0 Å². The summed E-state index contributed by atoms with van der Waals surface area (Å²) in [7, 11) is 2.15. The highest BCUT2D eigenvalue weighted by atomic mass is 16.1. The van der Waals surface area contributed by atoms with Gasteiger partial charge >= 0.3 is 0 Å². The molecular formula is C14H27N3O. The van der Waals surface area contributed by atoms with Crippen molar-refractivity contribution in [1.29, 1.82) is 0 Å². The number of nitrogens with two attached hydrogens (primary N) is 1. The summed E-state index contributed by atoms with van der Waals surface area (Å²) in [4.78, 5) is 14.4. The van der Waals surface area contributed by atoms with Crippen molar-refractivity contribution in [2.24, 2.45) is 17.6 Å². The van der Waals surface area contributed by atoms with Crippen LogP contribution in [0.4, 0.5) is 0 Å². The molecule has 0 radical (unpaired) electrons. The van der Waals surface area contributed by atoms with E-state index < -0.39 is 0 Å². The van der Waals surface area contributed by atoms with Gasteiger partial charge in [0.15, 0.2) is 0 Å². The van der Waals surface area contributed by atoms with Gasteiger partial charge in [0.1, 0.15) is 0 Å². The highest BCUT2D eigenvalue weighted by Crippen LogP contribution is 2.28. The summed E-state index contributed by atoms with van der Waals surface area (Å²) in [5.41, 5.74) is 5.67. The predicted molar refractivity (Wildman–Crippen MR) is 73.2 cm³/mol. The van der Waals surface area contributed by atoms with Crippen LogP contribution in [0.5, 0.6) is 0 Å². The van der Waals surface area contributed by atoms with Crippen LogP contribution >= 0.6 is 0 Å². The Labute approximate surface area is 110 Å². The molecule has 0 saturated heterocycles. The van der Waals surface area contributed by atoms with Crippen LogP contribution in [-0.2, 0) is 4.79 Å². The monoisotopic (exact) mass is 253 g/mol. The minimum Gasteiger partial charge on any atom is -0.355 e. The fraction of sp³-hybridized carbons (Fsp3) is 0.929. The first-order valence-corrected chi connectivity index (χ1v) is 7.38. The number of nitrogens with one attached hydrogen (secondary N) is 1. The van der Waals surface area contributed by atoms with E-state index in [0.29, 0.717) is 5.92 Å². The number of nitrogens with zero attached hydrogens (tertiary/aromatic N) is 1. The Balaban J connectivity index is 1.59. The van der Waals surface area contributed by atoms with E-state index in [1.807, 2.05) is 0 Å². The largest absolute Gasteiger partial charge is 0.355 e. The number of rotatable bonds is 6. The van der Waals surface area contributed by atoms with Gasteiger partial charge < -0.3 is 16.0 Å². The fourth-order valence-electron chi connectivity index (χ4n) is 2.86. The van der Waals surface area contributed by atoms with Crippen LogP contribution in [0.15, 0.2) is 0 Å². The van der Waals surface area contributed by atoms with E-state index in [1.165, 1.54) is 12.8 Å². The van der Waals surface area contributed by atoms with Crippen molar-refractivity contribution < 1.29 is 4.79 Å². The lowest BCUT2D eigenvalue weighted by Crippen LogP contribution is -2.38. The lowest BCUT2D eigenvalue weighted by Gasteiger charge is -2.27. The molecule has 4 nitrogen and oxygen atoms in total. The maximum absolute atomic E-state index is 12.0. The van der Waals surface area contributed by atoms with Gasteiger partial charge in [-0.05, 0) is 58.0 Å². The third kappa shape index (κ3) is 3.95. The minimum atomic E-state index is 0.235. The molecule has 18 heavy (non-hydrogen) atoms. The number of hydrogen-bond acceptors (Lipinski definition) is 3. The topological polar surface area (TPSA) is 58.4 Å². The Hall–Kier alpha value is -0.610. The summed E-state index contributed by atoms with van der Waals surface area (Å²) >= 11 is 0. The molecule has 3 N–H and O–H groups in total. The summed E-state index contributed by atoms with van der Waals surface area (Å²) < 4.78 is 0. The third-order valence-electron chi connectivity index (χ3n) is 4.48. The number of carbonyl (C=O) groups excluding carboxylic acids is 1. The molecule has 1 amide bonds. The van der Waals surface area contributed by atoms with Crippen molar-refractivity contribution in [1.82, 2.24) is 10.2 Å². The first kappa shape index (κ1) is 13.8. The average molecular weight is 253 g/mol. The SMILES string of the molecule is CN(CCNC(=O)C1CCC(CN)CC1)C1CC1. The van der Waals surface area contributed by atoms with Gasteiger partial charge in [0.2, 0.25) is 5.91 Å². The molecule has 0 atom stereocenters. The number of carbonyl (C=O) groups is 1. The molecule has 0 spiro atoms. The van der Waals surface area contributed by atoms with Crippen molar-refractivity contribution >= 4 is 5.91 Å². The zero-order valence-corrected chi connectivity index (χ0v) is 11.5. The molecule has 0 heterocycles. The zero-order valence-electron chi connectivity index (χ0n) is 11.5. The van der Waals surface area contributed by atoms with E-state index in [1.54, 1.807) is 0 Å². The average Bonchev–Trinajstić information content (AvgIpc) is 3.23.